The molecule has 112 valence electrons. The molecule has 1 saturated heterocycles. The fraction of sp³-hybridized carbons (Fsp3) is 0.214. The van der Waals surface area contributed by atoms with Crippen LogP contribution in [0.2, 0.25) is 0 Å². The van der Waals surface area contributed by atoms with Crippen molar-refractivity contribution in [3.8, 4) is 5.69 Å². The first-order valence-corrected chi connectivity index (χ1v) is 7.36. The smallest absolute Gasteiger partial charge is 0.199 e. The minimum atomic E-state index is 0.0169. The molecule has 3 aromatic heterocycles. The van der Waals surface area contributed by atoms with E-state index in [0.717, 1.165) is 23.7 Å². The number of hydrazine groups is 1. The highest BCUT2D eigenvalue weighted by atomic mass is 32.1. The Morgan fingerprint density at radius 3 is 2.91 bits per heavy atom. The van der Waals surface area contributed by atoms with Gasteiger partial charge < -0.3 is 4.42 Å². The van der Waals surface area contributed by atoms with Gasteiger partial charge in [-0.3, -0.25) is 14.6 Å². The lowest BCUT2D eigenvalue weighted by Gasteiger charge is -2.11. The summed E-state index contributed by atoms with van der Waals surface area (Å²) in [6.45, 7) is 0. The third-order valence-electron chi connectivity index (χ3n) is 3.70. The molecular formula is C14H14N6OS. The van der Waals surface area contributed by atoms with Crippen LogP contribution in [0.15, 0.2) is 47.3 Å². The van der Waals surface area contributed by atoms with Crippen molar-refractivity contribution >= 4 is 12.2 Å². The van der Waals surface area contributed by atoms with Crippen LogP contribution in [0.25, 0.3) is 5.69 Å². The summed E-state index contributed by atoms with van der Waals surface area (Å²) in [6.07, 6.45) is 5.99. The largest absolute Gasteiger partial charge is 0.468 e. The van der Waals surface area contributed by atoms with Gasteiger partial charge in [-0.15, -0.1) is 0 Å². The maximum Gasteiger partial charge on any atom is 0.199 e. The molecule has 0 spiro atoms. The Labute approximate surface area is 131 Å². The third kappa shape index (κ3) is 2.27. The van der Waals surface area contributed by atoms with Crippen LogP contribution >= 0.6 is 12.2 Å². The third-order valence-corrected chi connectivity index (χ3v) is 3.98. The van der Waals surface area contributed by atoms with Crippen molar-refractivity contribution in [1.82, 2.24) is 30.6 Å². The highest BCUT2D eigenvalue weighted by Gasteiger charge is 2.31. The summed E-state index contributed by atoms with van der Waals surface area (Å²) in [4.78, 5) is 4.15. The van der Waals surface area contributed by atoms with E-state index >= 15 is 0 Å². The van der Waals surface area contributed by atoms with Gasteiger partial charge in [0.05, 0.1) is 30.2 Å². The minimum Gasteiger partial charge on any atom is -0.468 e. The second-order valence-corrected chi connectivity index (χ2v) is 5.47. The van der Waals surface area contributed by atoms with E-state index in [9.17, 15) is 0 Å². The van der Waals surface area contributed by atoms with Gasteiger partial charge in [-0.2, -0.15) is 5.10 Å². The molecule has 1 aliphatic heterocycles. The lowest BCUT2D eigenvalue weighted by molar-refractivity contribution is 0.433. The number of aromatic amines is 1. The van der Waals surface area contributed by atoms with Crippen LogP contribution in [0.1, 0.15) is 30.1 Å². The first kappa shape index (κ1) is 13.4. The number of nitrogens with zero attached hydrogens (tertiary/aromatic N) is 3. The fourth-order valence-electron chi connectivity index (χ4n) is 2.68. The van der Waals surface area contributed by atoms with E-state index in [4.69, 9.17) is 16.6 Å². The molecule has 3 aromatic rings. The second-order valence-electron chi connectivity index (χ2n) is 5.08. The van der Waals surface area contributed by atoms with Crippen molar-refractivity contribution in [2.75, 3.05) is 0 Å². The Bertz CT molecular complexity index is 809. The fourth-order valence-corrected chi connectivity index (χ4v) is 2.92. The second kappa shape index (κ2) is 5.48. The van der Waals surface area contributed by atoms with Gasteiger partial charge in [0.1, 0.15) is 5.76 Å². The predicted octanol–water partition coefficient (Wildman–Crippen LogP) is 2.20. The van der Waals surface area contributed by atoms with Gasteiger partial charge in [-0.25, -0.2) is 10.9 Å². The molecule has 2 atom stereocenters. The van der Waals surface area contributed by atoms with E-state index in [-0.39, 0.29) is 12.1 Å². The Balaban J connectivity index is 1.66. The van der Waals surface area contributed by atoms with Crippen LogP contribution < -0.4 is 10.9 Å². The maximum atomic E-state index is 5.45. The van der Waals surface area contributed by atoms with E-state index in [1.807, 2.05) is 28.8 Å². The number of rotatable bonds is 3. The molecule has 7 nitrogen and oxygen atoms in total. The Morgan fingerprint density at radius 1 is 1.23 bits per heavy atom. The highest BCUT2D eigenvalue weighted by molar-refractivity contribution is 7.71. The molecule has 1 aliphatic rings. The van der Waals surface area contributed by atoms with Gasteiger partial charge >= 0.3 is 0 Å². The first-order chi connectivity index (χ1) is 10.8. The number of hydrogen-bond acceptors (Lipinski definition) is 6. The van der Waals surface area contributed by atoms with Crippen molar-refractivity contribution in [2.45, 2.75) is 18.5 Å². The molecule has 22 heavy (non-hydrogen) atoms. The highest BCUT2D eigenvalue weighted by Crippen LogP contribution is 2.30. The molecule has 0 bridgehead atoms. The summed E-state index contributed by atoms with van der Waals surface area (Å²) >= 11 is 5.35. The number of furan rings is 1. The average molecular weight is 314 g/mol. The summed E-state index contributed by atoms with van der Waals surface area (Å²) in [5.74, 6) is 1.72. The molecule has 0 aliphatic carbocycles. The Kier molecular flexibility index (Phi) is 3.34. The summed E-state index contributed by atoms with van der Waals surface area (Å²) in [6, 6.07) is 7.79. The van der Waals surface area contributed by atoms with Crippen molar-refractivity contribution in [2.24, 2.45) is 0 Å². The number of nitrogens with one attached hydrogen (secondary N) is 3. The van der Waals surface area contributed by atoms with Crippen molar-refractivity contribution < 1.29 is 4.42 Å². The van der Waals surface area contributed by atoms with Crippen molar-refractivity contribution in [3.63, 3.8) is 0 Å². The zero-order valence-electron chi connectivity index (χ0n) is 11.6. The molecule has 4 heterocycles. The van der Waals surface area contributed by atoms with E-state index in [1.54, 1.807) is 18.7 Å². The molecule has 0 radical (unpaired) electrons. The molecule has 2 unspecified atom stereocenters. The summed E-state index contributed by atoms with van der Waals surface area (Å²) in [5.41, 5.74) is 7.38. The zero-order chi connectivity index (χ0) is 14.9. The number of aromatic nitrogens is 4. The number of hydrogen-bond donors (Lipinski definition) is 3. The van der Waals surface area contributed by atoms with Gasteiger partial charge in [-0.05, 0) is 42.9 Å². The van der Waals surface area contributed by atoms with Crippen LogP contribution in [0.4, 0.5) is 0 Å². The predicted molar refractivity (Wildman–Crippen MR) is 81.6 cm³/mol. The molecule has 1 fully saturated rings. The molecule has 4 rings (SSSR count). The summed E-state index contributed by atoms with van der Waals surface area (Å²) in [5, 5.41) is 7.23. The monoisotopic (exact) mass is 314 g/mol. The first-order valence-electron chi connectivity index (χ1n) is 6.95. The van der Waals surface area contributed by atoms with Crippen LogP contribution in [0, 0.1) is 4.77 Å². The van der Waals surface area contributed by atoms with Gasteiger partial charge in [0.25, 0.3) is 0 Å². The van der Waals surface area contributed by atoms with Crippen LogP contribution in [0.5, 0.6) is 0 Å². The van der Waals surface area contributed by atoms with Crippen LogP contribution in [0.3, 0.4) is 0 Å². The van der Waals surface area contributed by atoms with Gasteiger partial charge in [-0.1, -0.05) is 0 Å². The number of pyridine rings is 1. The van der Waals surface area contributed by atoms with E-state index in [1.165, 1.54) is 0 Å². The molecule has 0 aromatic carbocycles. The normalized spacial score (nSPS) is 21.3. The lowest BCUT2D eigenvalue weighted by Crippen LogP contribution is -2.27. The SMILES string of the molecule is S=c1[nH]nc(C2CC(c3ccco3)NN2)n1-c1cccnc1. The van der Waals surface area contributed by atoms with Gasteiger partial charge in [0.15, 0.2) is 10.6 Å². The van der Waals surface area contributed by atoms with E-state index in [0.29, 0.717) is 4.77 Å². The Morgan fingerprint density at radius 2 is 2.14 bits per heavy atom. The van der Waals surface area contributed by atoms with Crippen LogP contribution in [-0.4, -0.2) is 19.7 Å². The van der Waals surface area contributed by atoms with E-state index < -0.39 is 0 Å². The zero-order valence-corrected chi connectivity index (χ0v) is 12.4. The maximum absolute atomic E-state index is 5.45. The van der Waals surface area contributed by atoms with E-state index in [2.05, 4.69) is 26.0 Å². The average Bonchev–Trinajstić information content (AvgIpc) is 3.28. The van der Waals surface area contributed by atoms with Gasteiger partial charge in [0.2, 0.25) is 0 Å². The molecule has 0 amide bonds. The standard InChI is InChI=1S/C14H14N6OS/c22-14-19-18-13(20(14)9-3-1-5-15-8-9)11-7-10(16-17-11)12-4-2-6-21-12/h1-6,8,10-11,16-17H,7H2,(H,19,22). The summed E-state index contributed by atoms with van der Waals surface area (Å²) < 4.78 is 7.90. The summed E-state index contributed by atoms with van der Waals surface area (Å²) in [7, 11) is 0. The topological polar surface area (TPSA) is 83.7 Å². The molecule has 0 saturated carbocycles. The number of H-pyrrole nitrogens is 1. The molecule has 3 N–H and O–H groups in total. The minimum absolute atomic E-state index is 0.0169. The molecule has 8 heteroatoms. The lowest BCUT2D eigenvalue weighted by atomic mass is 10.1. The van der Waals surface area contributed by atoms with Crippen molar-refractivity contribution in [3.05, 3.63) is 59.3 Å². The molecular weight excluding hydrogens is 300 g/mol. The van der Waals surface area contributed by atoms with Crippen molar-refractivity contribution in [1.29, 1.82) is 0 Å². The van der Waals surface area contributed by atoms with Crippen LogP contribution in [-0.2, 0) is 0 Å². The Hall–Kier alpha value is -2.29. The quantitative estimate of drug-likeness (QED) is 0.643. The van der Waals surface area contributed by atoms with Gasteiger partial charge in [0, 0.05) is 6.20 Å².